The molecule has 6 aromatic carbocycles. The number of benzene rings is 6. The summed E-state index contributed by atoms with van der Waals surface area (Å²) in [5.41, 5.74) is 12.1. The Hall–Kier alpha value is -6.90. The summed E-state index contributed by atoms with van der Waals surface area (Å²) in [5.74, 6) is -1.19. The van der Waals surface area contributed by atoms with Gasteiger partial charge in [-0.25, -0.2) is 4.79 Å². The molecule has 2 heterocycles. The Balaban J connectivity index is 1.04. The molecule has 1 aliphatic carbocycles. The summed E-state index contributed by atoms with van der Waals surface area (Å²) in [6.07, 6.45) is 8.27. The number of aliphatic carboxylic acids is 1. The number of hydrogen-bond donors (Lipinski definition) is 1. The van der Waals surface area contributed by atoms with Crippen LogP contribution < -0.4 is 0 Å². The van der Waals surface area contributed by atoms with E-state index in [-0.39, 0.29) is 5.57 Å². The Morgan fingerprint density at radius 2 is 1.12 bits per heavy atom. The topological polar surface area (TPSA) is 71.0 Å². The first-order valence-corrected chi connectivity index (χ1v) is 17.5. The molecule has 0 spiro atoms. The molecule has 0 fully saturated rings. The first kappa shape index (κ1) is 31.1. The van der Waals surface area contributed by atoms with Crippen molar-refractivity contribution >= 4 is 55.7 Å². The lowest BCUT2D eigenvalue weighted by molar-refractivity contribution is -0.132. The summed E-state index contributed by atoms with van der Waals surface area (Å²) >= 11 is 0. The lowest BCUT2D eigenvalue weighted by Crippen LogP contribution is -2.00. The van der Waals surface area contributed by atoms with E-state index in [2.05, 4.69) is 155 Å². The summed E-state index contributed by atoms with van der Waals surface area (Å²) in [7, 11) is 0. The van der Waals surface area contributed by atoms with E-state index >= 15 is 0 Å². The molecule has 248 valence electrons. The van der Waals surface area contributed by atoms with Crippen molar-refractivity contribution in [1.82, 2.24) is 9.13 Å². The predicted molar refractivity (Wildman–Crippen MR) is 212 cm³/mol. The van der Waals surface area contributed by atoms with Crippen molar-refractivity contribution in [3.8, 4) is 28.6 Å². The van der Waals surface area contributed by atoms with Gasteiger partial charge in [0.05, 0.1) is 22.1 Å². The number of nitrogens with zero attached hydrogens (tertiary/aromatic N) is 3. The van der Waals surface area contributed by atoms with E-state index in [0.717, 1.165) is 69.5 Å². The van der Waals surface area contributed by atoms with Gasteiger partial charge in [0.2, 0.25) is 0 Å². The molecule has 2 aromatic heterocycles. The summed E-state index contributed by atoms with van der Waals surface area (Å²) in [4.78, 5) is 11.4. The normalized spacial score (nSPS) is 14.3. The standard InChI is InChI=1S/C47H33N3O2/c48-30-36(47(51)52)28-32-9-7-8-31(26-32)27-33-16-25-46-42(29-33)41-12-3-6-15-45(41)50(46)38-23-19-35(20-24-38)34-17-21-37(22-18-34)49-43-13-4-1-10-39(43)40-11-2-5-14-44(40)49/h1-6,10-29H,7-9H2,(H,51,52)/b31-27+,36-28+. The predicted octanol–water partition coefficient (Wildman–Crippen LogP) is 11.6. The molecular formula is C47H33N3O2. The number of rotatable bonds is 6. The van der Waals surface area contributed by atoms with Gasteiger partial charge in [0.15, 0.2) is 0 Å². The van der Waals surface area contributed by atoms with Crippen LogP contribution in [0.4, 0.5) is 0 Å². The van der Waals surface area contributed by atoms with Crippen molar-refractivity contribution in [3.63, 3.8) is 0 Å². The number of carboxylic acids is 1. The molecule has 0 atom stereocenters. The zero-order valence-electron chi connectivity index (χ0n) is 28.3. The second-order valence-corrected chi connectivity index (χ2v) is 13.4. The third-order valence-corrected chi connectivity index (χ3v) is 10.2. The summed E-state index contributed by atoms with van der Waals surface area (Å²) in [6, 6.07) is 51.7. The third-order valence-electron chi connectivity index (χ3n) is 10.2. The largest absolute Gasteiger partial charge is 0.477 e. The number of aromatic nitrogens is 2. The number of hydrogen-bond acceptors (Lipinski definition) is 2. The number of carbonyl (C=O) groups is 1. The van der Waals surface area contributed by atoms with Crippen molar-refractivity contribution in [1.29, 1.82) is 5.26 Å². The van der Waals surface area contributed by atoms with Crippen molar-refractivity contribution in [3.05, 3.63) is 174 Å². The molecule has 5 nitrogen and oxygen atoms in total. The van der Waals surface area contributed by atoms with Gasteiger partial charge in [-0.1, -0.05) is 97.1 Å². The van der Waals surface area contributed by atoms with Gasteiger partial charge < -0.3 is 14.2 Å². The van der Waals surface area contributed by atoms with Crippen LogP contribution in [0.3, 0.4) is 0 Å². The lowest BCUT2D eigenvalue weighted by Gasteiger charge is -2.13. The first-order chi connectivity index (χ1) is 25.6. The molecule has 0 saturated carbocycles. The maximum absolute atomic E-state index is 11.4. The fourth-order valence-electron chi connectivity index (χ4n) is 7.81. The first-order valence-electron chi connectivity index (χ1n) is 17.5. The maximum Gasteiger partial charge on any atom is 0.346 e. The molecule has 0 saturated heterocycles. The summed E-state index contributed by atoms with van der Waals surface area (Å²) in [6.45, 7) is 0. The van der Waals surface area contributed by atoms with Crippen molar-refractivity contribution in [2.24, 2.45) is 0 Å². The van der Waals surface area contributed by atoms with E-state index in [1.54, 1.807) is 6.07 Å². The van der Waals surface area contributed by atoms with Crippen LogP contribution in [-0.2, 0) is 4.79 Å². The van der Waals surface area contributed by atoms with Crippen molar-refractivity contribution in [2.75, 3.05) is 0 Å². The minimum atomic E-state index is -1.19. The monoisotopic (exact) mass is 671 g/mol. The molecule has 0 bridgehead atoms. The molecule has 52 heavy (non-hydrogen) atoms. The molecule has 0 aliphatic heterocycles. The van der Waals surface area contributed by atoms with Gasteiger partial charge in [-0.2, -0.15) is 5.26 Å². The zero-order chi connectivity index (χ0) is 35.2. The van der Waals surface area contributed by atoms with Gasteiger partial charge in [-0.3, -0.25) is 0 Å². The van der Waals surface area contributed by atoms with E-state index in [1.165, 1.54) is 38.7 Å². The minimum absolute atomic E-state index is 0.233. The maximum atomic E-state index is 11.4. The molecule has 1 N–H and O–H groups in total. The van der Waals surface area contributed by atoms with E-state index < -0.39 is 5.97 Å². The fourth-order valence-corrected chi connectivity index (χ4v) is 7.81. The van der Waals surface area contributed by atoms with Crippen molar-refractivity contribution in [2.45, 2.75) is 19.3 Å². The van der Waals surface area contributed by atoms with Gasteiger partial charge in [0, 0.05) is 32.9 Å². The average Bonchev–Trinajstić information content (AvgIpc) is 3.70. The highest BCUT2D eigenvalue weighted by atomic mass is 16.4. The van der Waals surface area contributed by atoms with Gasteiger partial charge in [-0.05, 0) is 108 Å². The van der Waals surface area contributed by atoms with Crippen LogP contribution in [0.5, 0.6) is 0 Å². The second-order valence-electron chi connectivity index (χ2n) is 13.4. The second kappa shape index (κ2) is 12.8. The Morgan fingerprint density at radius 3 is 1.63 bits per heavy atom. The number of allylic oxidation sites excluding steroid dienone is 4. The van der Waals surface area contributed by atoms with E-state index in [0.29, 0.717) is 0 Å². The van der Waals surface area contributed by atoms with Crippen LogP contribution in [0.1, 0.15) is 24.8 Å². The molecule has 5 heteroatoms. The molecule has 0 radical (unpaired) electrons. The molecule has 1 aliphatic rings. The SMILES string of the molecule is N#C/C(=C\C1=CC(=C/c2ccc3c(c2)c2ccccc2n3-c2ccc(-c3ccc(-n4c5ccccc5c5ccccc54)cc3)cc2)/CCC1)C(=O)O. The van der Waals surface area contributed by atoms with Crippen LogP contribution >= 0.6 is 0 Å². The van der Waals surface area contributed by atoms with Crippen LogP contribution in [0.25, 0.3) is 72.2 Å². The lowest BCUT2D eigenvalue weighted by atomic mass is 9.92. The Labute approximate surface area is 300 Å². The highest BCUT2D eigenvalue weighted by Gasteiger charge is 2.15. The molecule has 0 amide bonds. The number of para-hydroxylation sites is 3. The number of fused-ring (bicyclic) bond motifs is 6. The Kier molecular flexibility index (Phi) is 7.64. The van der Waals surface area contributed by atoms with Crippen LogP contribution in [0, 0.1) is 11.3 Å². The van der Waals surface area contributed by atoms with Crippen LogP contribution in [0.2, 0.25) is 0 Å². The van der Waals surface area contributed by atoms with Crippen LogP contribution in [0.15, 0.2) is 168 Å². The van der Waals surface area contributed by atoms with Gasteiger partial charge in [0.1, 0.15) is 11.6 Å². The summed E-state index contributed by atoms with van der Waals surface area (Å²) < 4.78 is 4.67. The molecular weight excluding hydrogens is 639 g/mol. The van der Waals surface area contributed by atoms with E-state index in [1.807, 2.05) is 6.08 Å². The Bertz CT molecular complexity index is 2780. The van der Waals surface area contributed by atoms with Crippen LogP contribution in [-0.4, -0.2) is 20.2 Å². The van der Waals surface area contributed by atoms with Gasteiger partial charge >= 0.3 is 5.97 Å². The molecule has 8 aromatic rings. The van der Waals surface area contributed by atoms with Gasteiger partial charge in [-0.15, -0.1) is 0 Å². The number of carboxylic acid groups (broad SMARTS) is 1. The number of nitriles is 1. The fraction of sp³-hybridized carbons (Fsp3) is 0.0638. The Morgan fingerprint density at radius 1 is 0.615 bits per heavy atom. The highest BCUT2D eigenvalue weighted by molar-refractivity contribution is 6.10. The smallest absolute Gasteiger partial charge is 0.346 e. The highest BCUT2D eigenvalue weighted by Crippen LogP contribution is 2.36. The van der Waals surface area contributed by atoms with E-state index in [9.17, 15) is 15.2 Å². The van der Waals surface area contributed by atoms with Crippen molar-refractivity contribution < 1.29 is 9.90 Å². The average molecular weight is 672 g/mol. The third kappa shape index (κ3) is 5.39. The quantitative estimate of drug-likeness (QED) is 0.141. The molecule has 0 unspecified atom stereocenters. The summed E-state index contributed by atoms with van der Waals surface area (Å²) in [5, 5.41) is 23.4. The zero-order valence-corrected chi connectivity index (χ0v) is 28.3. The molecule has 9 rings (SSSR count). The minimum Gasteiger partial charge on any atom is -0.477 e. The van der Waals surface area contributed by atoms with Gasteiger partial charge in [0.25, 0.3) is 0 Å². The van der Waals surface area contributed by atoms with E-state index in [4.69, 9.17) is 0 Å².